The third-order valence-corrected chi connectivity index (χ3v) is 9.82. The van der Waals surface area contributed by atoms with E-state index in [4.69, 9.17) is 9.47 Å². The fourth-order valence-electron chi connectivity index (χ4n) is 5.04. The minimum absolute atomic E-state index is 0.0759. The van der Waals surface area contributed by atoms with Crippen LogP contribution in [0.25, 0.3) is 0 Å². The SMILES string of the molecule is COc1cccc(N2CCN(CC(=O)NCCSSCCNC(=O)CN3CCN(c4cccc(OC)c4)CC3)CC2)c1. The molecule has 0 atom stereocenters. The van der Waals surface area contributed by atoms with E-state index >= 15 is 0 Å². The van der Waals surface area contributed by atoms with Crippen LogP contribution in [0.5, 0.6) is 11.5 Å². The molecule has 42 heavy (non-hydrogen) atoms. The van der Waals surface area contributed by atoms with Gasteiger partial charge in [0.05, 0.1) is 27.3 Å². The fourth-order valence-corrected chi connectivity index (χ4v) is 6.86. The molecule has 2 saturated heterocycles. The Kier molecular flexibility index (Phi) is 13.3. The van der Waals surface area contributed by atoms with Crippen LogP contribution < -0.4 is 29.9 Å². The number of nitrogens with zero attached hydrogens (tertiary/aromatic N) is 4. The van der Waals surface area contributed by atoms with E-state index in [1.165, 1.54) is 0 Å². The first-order valence-electron chi connectivity index (χ1n) is 14.5. The third-order valence-electron chi connectivity index (χ3n) is 7.41. The Morgan fingerprint density at radius 1 is 0.667 bits per heavy atom. The van der Waals surface area contributed by atoms with Gasteiger partial charge in [0.15, 0.2) is 0 Å². The number of hydrogen-bond donors (Lipinski definition) is 2. The molecule has 2 amide bonds. The van der Waals surface area contributed by atoms with Crippen LogP contribution in [0.4, 0.5) is 11.4 Å². The average molecular weight is 617 g/mol. The molecule has 0 aliphatic carbocycles. The Bertz CT molecular complexity index is 1040. The van der Waals surface area contributed by atoms with Crippen LogP contribution in [-0.2, 0) is 9.59 Å². The quantitative estimate of drug-likeness (QED) is 0.230. The highest BCUT2D eigenvalue weighted by molar-refractivity contribution is 8.76. The van der Waals surface area contributed by atoms with Gasteiger partial charge >= 0.3 is 0 Å². The first-order chi connectivity index (χ1) is 20.5. The highest BCUT2D eigenvalue weighted by Gasteiger charge is 2.20. The summed E-state index contributed by atoms with van der Waals surface area (Å²) in [6.07, 6.45) is 0. The number of ether oxygens (including phenoxy) is 2. The monoisotopic (exact) mass is 616 g/mol. The molecule has 230 valence electrons. The normalized spacial score (nSPS) is 16.2. The van der Waals surface area contributed by atoms with Crippen molar-refractivity contribution in [2.24, 2.45) is 0 Å². The molecule has 0 aromatic heterocycles. The van der Waals surface area contributed by atoms with Crippen LogP contribution in [-0.4, -0.2) is 126 Å². The second-order valence-electron chi connectivity index (χ2n) is 10.3. The smallest absolute Gasteiger partial charge is 0.234 e. The summed E-state index contributed by atoms with van der Waals surface area (Å²) in [6, 6.07) is 16.2. The van der Waals surface area contributed by atoms with Crippen molar-refractivity contribution in [2.45, 2.75) is 0 Å². The number of carbonyl (C=O) groups excluding carboxylic acids is 2. The largest absolute Gasteiger partial charge is 0.497 e. The van der Waals surface area contributed by atoms with E-state index in [1.807, 2.05) is 24.3 Å². The van der Waals surface area contributed by atoms with E-state index in [-0.39, 0.29) is 11.8 Å². The number of rotatable bonds is 15. The zero-order valence-corrected chi connectivity index (χ0v) is 26.4. The highest BCUT2D eigenvalue weighted by Crippen LogP contribution is 2.23. The van der Waals surface area contributed by atoms with Crippen molar-refractivity contribution in [3.63, 3.8) is 0 Å². The number of piperazine rings is 2. The van der Waals surface area contributed by atoms with Gasteiger partial charge in [0.1, 0.15) is 11.5 Å². The molecule has 2 heterocycles. The minimum atomic E-state index is 0.0759. The van der Waals surface area contributed by atoms with Crippen LogP contribution in [0.3, 0.4) is 0 Å². The molecular formula is C30H44N6O4S2. The summed E-state index contributed by atoms with van der Waals surface area (Å²) in [5.41, 5.74) is 2.32. The standard InChI is InChI=1S/C30H44N6O4S2/c1-39-27-7-3-5-25(21-27)35-15-11-33(12-16-35)23-29(37)31-9-19-41-42-20-10-32-30(38)24-34-13-17-36(18-14-34)26-6-4-8-28(22-26)40-2/h3-8,21-22H,9-20,23-24H2,1-2H3,(H,31,37)(H,32,38). The van der Waals surface area contributed by atoms with E-state index in [0.717, 1.165) is 86.7 Å². The Labute approximate surface area is 257 Å². The Balaban J connectivity index is 0.973. The molecule has 12 heteroatoms. The van der Waals surface area contributed by atoms with E-state index in [2.05, 4.69) is 54.5 Å². The van der Waals surface area contributed by atoms with Gasteiger partial charge in [-0.15, -0.1) is 0 Å². The number of hydrogen-bond acceptors (Lipinski definition) is 10. The molecule has 10 nitrogen and oxygen atoms in total. The topological polar surface area (TPSA) is 89.6 Å². The van der Waals surface area contributed by atoms with Gasteiger partial charge in [-0.2, -0.15) is 0 Å². The van der Waals surface area contributed by atoms with Crippen molar-refractivity contribution in [2.75, 3.05) is 114 Å². The third kappa shape index (κ3) is 10.5. The van der Waals surface area contributed by atoms with Crippen molar-refractivity contribution >= 4 is 44.8 Å². The van der Waals surface area contributed by atoms with Gasteiger partial charge in [-0.05, 0) is 24.3 Å². The lowest BCUT2D eigenvalue weighted by Crippen LogP contribution is -2.49. The second kappa shape index (κ2) is 17.3. The van der Waals surface area contributed by atoms with E-state index < -0.39 is 0 Å². The van der Waals surface area contributed by atoms with Gasteiger partial charge in [0, 0.05) is 100 Å². The van der Waals surface area contributed by atoms with Gasteiger partial charge in [-0.25, -0.2) is 0 Å². The second-order valence-corrected chi connectivity index (χ2v) is 13.0. The number of nitrogens with one attached hydrogen (secondary N) is 2. The Morgan fingerprint density at radius 2 is 1.07 bits per heavy atom. The lowest BCUT2D eigenvalue weighted by Gasteiger charge is -2.35. The molecule has 0 radical (unpaired) electrons. The summed E-state index contributed by atoms with van der Waals surface area (Å²) in [7, 11) is 6.82. The van der Waals surface area contributed by atoms with Gasteiger partial charge < -0.3 is 29.9 Å². The van der Waals surface area contributed by atoms with Gasteiger partial charge in [0.2, 0.25) is 11.8 Å². The molecule has 2 aromatic carbocycles. The van der Waals surface area contributed by atoms with Crippen molar-refractivity contribution < 1.29 is 19.1 Å². The van der Waals surface area contributed by atoms with Crippen LogP contribution >= 0.6 is 21.6 Å². The molecule has 0 saturated carbocycles. The Hall–Kier alpha value is -2.80. The molecule has 0 unspecified atom stereocenters. The van der Waals surface area contributed by atoms with Crippen LogP contribution in [0.1, 0.15) is 0 Å². The van der Waals surface area contributed by atoms with Crippen LogP contribution in [0.15, 0.2) is 48.5 Å². The first kappa shape index (κ1) is 32.1. The van der Waals surface area contributed by atoms with Crippen molar-refractivity contribution in [1.29, 1.82) is 0 Å². The van der Waals surface area contributed by atoms with E-state index in [0.29, 0.717) is 26.2 Å². The number of benzene rings is 2. The van der Waals surface area contributed by atoms with Crippen molar-refractivity contribution in [1.82, 2.24) is 20.4 Å². The molecule has 2 N–H and O–H groups in total. The van der Waals surface area contributed by atoms with Crippen molar-refractivity contribution in [3.8, 4) is 11.5 Å². The zero-order valence-electron chi connectivity index (χ0n) is 24.8. The minimum Gasteiger partial charge on any atom is -0.497 e. The summed E-state index contributed by atoms with van der Waals surface area (Å²) >= 11 is 0. The van der Waals surface area contributed by atoms with Gasteiger partial charge in [-0.3, -0.25) is 19.4 Å². The molecule has 0 spiro atoms. The summed E-state index contributed by atoms with van der Waals surface area (Å²) in [5.74, 6) is 3.55. The van der Waals surface area contributed by atoms with E-state index in [1.54, 1.807) is 35.8 Å². The predicted octanol–water partition coefficient (Wildman–Crippen LogP) is 2.26. The average Bonchev–Trinajstić information content (AvgIpc) is 3.03. The lowest BCUT2D eigenvalue weighted by atomic mass is 10.2. The first-order valence-corrected chi connectivity index (χ1v) is 17.0. The fraction of sp³-hybridized carbons (Fsp3) is 0.533. The maximum Gasteiger partial charge on any atom is 0.234 e. The van der Waals surface area contributed by atoms with Gasteiger partial charge in [-0.1, -0.05) is 33.7 Å². The van der Waals surface area contributed by atoms with Crippen molar-refractivity contribution in [3.05, 3.63) is 48.5 Å². The van der Waals surface area contributed by atoms with E-state index in [9.17, 15) is 9.59 Å². The van der Waals surface area contributed by atoms with Crippen LogP contribution in [0.2, 0.25) is 0 Å². The predicted molar refractivity (Wildman–Crippen MR) is 174 cm³/mol. The highest BCUT2D eigenvalue weighted by atomic mass is 33.1. The number of methoxy groups -OCH3 is 2. The molecule has 2 fully saturated rings. The molecule has 0 bridgehead atoms. The number of amides is 2. The zero-order chi connectivity index (χ0) is 29.6. The molecule has 2 aliphatic heterocycles. The molecule has 2 aromatic rings. The molecule has 2 aliphatic rings. The molecule has 4 rings (SSSR count). The maximum atomic E-state index is 12.4. The lowest BCUT2D eigenvalue weighted by molar-refractivity contribution is -0.123. The summed E-state index contributed by atoms with van der Waals surface area (Å²) in [6.45, 7) is 9.19. The summed E-state index contributed by atoms with van der Waals surface area (Å²) in [5, 5.41) is 6.06. The maximum absolute atomic E-state index is 12.4. The summed E-state index contributed by atoms with van der Waals surface area (Å²) < 4.78 is 10.7. The molecular weight excluding hydrogens is 573 g/mol. The number of carbonyl (C=O) groups is 2. The van der Waals surface area contributed by atoms with Crippen LogP contribution in [0, 0.1) is 0 Å². The number of anilines is 2. The summed E-state index contributed by atoms with van der Waals surface area (Å²) in [4.78, 5) is 33.8. The Morgan fingerprint density at radius 3 is 1.45 bits per heavy atom. The van der Waals surface area contributed by atoms with Gasteiger partial charge in [0.25, 0.3) is 0 Å².